The summed E-state index contributed by atoms with van der Waals surface area (Å²) in [6.45, 7) is 4.81. The van der Waals surface area contributed by atoms with Gasteiger partial charge in [0.2, 0.25) is 0 Å². The van der Waals surface area contributed by atoms with Crippen LogP contribution in [0.3, 0.4) is 0 Å². The van der Waals surface area contributed by atoms with Gasteiger partial charge in [0.15, 0.2) is 0 Å². The molecule has 124 valence electrons. The van der Waals surface area contributed by atoms with Crippen molar-refractivity contribution in [1.29, 1.82) is 0 Å². The molecular weight excluding hydrogens is 286 g/mol. The number of pyridine rings is 1. The van der Waals surface area contributed by atoms with Crippen LogP contribution in [0.1, 0.15) is 38.5 Å². The van der Waals surface area contributed by atoms with Gasteiger partial charge in [-0.15, -0.1) is 0 Å². The Morgan fingerprint density at radius 2 is 1.91 bits per heavy atom. The van der Waals surface area contributed by atoms with Gasteiger partial charge in [0.1, 0.15) is 5.75 Å². The third-order valence-corrected chi connectivity index (χ3v) is 4.60. The van der Waals surface area contributed by atoms with Crippen LogP contribution in [0.4, 0.5) is 5.69 Å². The second-order valence-electron chi connectivity index (χ2n) is 6.46. The Bertz CT molecular complexity index is 623. The summed E-state index contributed by atoms with van der Waals surface area (Å²) in [6, 6.07) is 7.39. The van der Waals surface area contributed by atoms with Crippen LogP contribution < -0.4 is 5.32 Å². The normalized spacial score (nSPS) is 15.3. The van der Waals surface area contributed by atoms with Gasteiger partial charge in [-0.05, 0) is 57.5 Å². The summed E-state index contributed by atoms with van der Waals surface area (Å²) < 4.78 is 0. The van der Waals surface area contributed by atoms with E-state index >= 15 is 0 Å². The average Bonchev–Trinajstić information content (AvgIpc) is 3.07. The van der Waals surface area contributed by atoms with E-state index in [9.17, 15) is 5.11 Å². The molecule has 2 N–H and O–H groups in total. The highest BCUT2D eigenvalue weighted by Crippen LogP contribution is 2.26. The highest BCUT2D eigenvalue weighted by Gasteiger charge is 2.10. The van der Waals surface area contributed by atoms with Gasteiger partial charge in [-0.25, -0.2) is 0 Å². The molecular formula is C19H27N3O. The molecule has 0 bridgehead atoms. The Balaban J connectivity index is 1.39. The lowest BCUT2D eigenvalue weighted by atomic mass is 10.1. The third-order valence-electron chi connectivity index (χ3n) is 4.60. The number of rotatable bonds is 8. The molecule has 2 aromatic rings. The lowest BCUT2D eigenvalue weighted by Gasteiger charge is -2.14. The van der Waals surface area contributed by atoms with Gasteiger partial charge in [0, 0.05) is 24.2 Å². The number of nitrogens with zero attached hydrogens (tertiary/aromatic N) is 2. The van der Waals surface area contributed by atoms with Gasteiger partial charge >= 0.3 is 0 Å². The molecule has 0 unspecified atom stereocenters. The molecule has 1 aliphatic rings. The van der Waals surface area contributed by atoms with E-state index in [-0.39, 0.29) is 0 Å². The number of aromatic nitrogens is 1. The first-order valence-electron chi connectivity index (χ1n) is 8.87. The molecule has 1 fully saturated rings. The molecule has 3 rings (SSSR count). The minimum absolute atomic E-state index is 0.290. The molecule has 1 saturated heterocycles. The van der Waals surface area contributed by atoms with Gasteiger partial charge in [0.25, 0.3) is 0 Å². The molecule has 0 atom stereocenters. The molecule has 0 spiro atoms. The summed E-state index contributed by atoms with van der Waals surface area (Å²) in [4.78, 5) is 7.00. The van der Waals surface area contributed by atoms with Crippen molar-refractivity contribution in [3.8, 4) is 5.75 Å². The number of hydrogen-bond acceptors (Lipinski definition) is 4. The summed E-state index contributed by atoms with van der Waals surface area (Å²) in [7, 11) is 0. The molecule has 2 heterocycles. The number of unbranched alkanes of at least 4 members (excludes halogenated alkanes) is 3. The number of likely N-dealkylation sites (tertiary alicyclic amines) is 1. The maximum Gasteiger partial charge on any atom is 0.118 e. The van der Waals surface area contributed by atoms with Crippen molar-refractivity contribution in [1.82, 2.24) is 9.88 Å². The van der Waals surface area contributed by atoms with Crippen LogP contribution in [0.2, 0.25) is 0 Å². The smallest absolute Gasteiger partial charge is 0.118 e. The summed E-state index contributed by atoms with van der Waals surface area (Å²) in [6.07, 6.45) is 9.59. The minimum Gasteiger partial charge on any atom is -0.508 e. The maximum absolute atomic E-state index is 9.82. The molecule has 1 aliphatic heterocycles. The number of phenolic OH excluding ortho intramolecular Hbond substituents is 1. The van der Waals surface area contributed by atoms with Gasteiger partial charge in [0.05, 0.1) is 11.2 Å². The average molecular weight is 313 g/mol. The van der Waals surface area contributed by atoms with Crippen LogP contribution in [0.15, 0.2) is 30.5 Å². The zero-order valence-corrected chi connectivity index (χ0v) is 13.8. The van der Waals surface area contributed by atoms with E-state index in [0.29, 0.717) is 5.75 Å². The lowest BCUT2D eigenvalue weighted by molar-refractivity contribution is 0.328. The first-order valence-corrected chi connectivity index (χ1v) is 8.87. The van der Waals surface area contributed by atoms with Crippen LogP contribution >= 0.6 is 0 Å². The van der Waals surface area contributed by atoms with Crippen molar-refractivity contribution in [2.45, 2.75) is 38.5 Å². The molecule has 0 amide bonds. The summed E-state index contributed by atoms with van der Waals surface area (Å²) in [5, 5.41) is 14.2. The Morgan fingerprint density at radius 3 is 2.78 bits per heavy atom. The summed E-state index contributed by atoms with van der Waals surface area (Å²) >= 11 is 0. The predicted octanol–water partition coefficient (Wildman–Crippen LogP) is 4.01. The van der Waals surface area contributed by atoms with E-state index < -0.39 is 0 Å². The Morgan fingerprint density at radius 1 is 1.09 bits per heavy atom. The predicted molar refractivity (Wildman–Crippen MR) is 96.0 cm³/mol. The first-order chi connectivity index (χ1) is 11.3. The van der Waals surface area contributed by atoms with Gasteiger partial charge < -0.3 is 15.3 Å². The summed E-state index contributed by atoms with van der Waals surface area (Å²) in [5.41, 5.74) is 1.86. The number of anilines is 1. The Hall–Kier alpha value is -1.81. The molecule has 0 radical (unpaired) electrons. The fraction of sp³-hybridized carbons (Fsp3) is 0.526. The summed E-state index contributed by atoms with van der Waals surface area (Å²) in [5.74, 6) is 0.290. The van der Waals surface area contributed by atoms with Gasteiger partial charge in [-0.2, -0.15) is 0 Å². The SMILES string of the molecule is Oc1cc(NCCCCCCN2CCCC2)c2ncccc2c1. The van der Waals surface area contributed by atoms with Crippen molar-refractivity contribution in [3.63, 3.8) is 0 Å². The molecule has 1 aromatic heterocycles. The van der Waals surface area contributed by atoms with Gasteiger partial charge in [-0.3, -0.25) is 4.98 Å². The second-order valence-corrected chi connectivity index (χ2v) is 6.46. The van der Waals surface area contributed by atoms with E-state index in [1.807, 2.05) is 12.1 Å². The minimum atomic E-state index is 0.290. The van der Waals surface area contributed by atoms with Gasteiger partial charge in [-0.1, -0.05) is 18.9 Å². The molecule has 0 aliphatic carbocycles. The van der Waals surface area contributed by atoms with E-state index in [1.54, 1.807) is 18.3 Å². The molecule has 0 saturated carbocycles. The Kier molecular flexibility index (Phi) is 5.70. The molecule has 4 heteroatoms. The molecule has 1 aromatic carbocycles. The fourth-order valence-corrected chi connectivity index (χ4v) is 3.35. The quantitative estimate of drug-likeness (QED) is 0.723. The largest absolute Gasteiger partial charge is 0.508 e. The van der Waals surface area contributed by atoms with Crippen molar-refractivity contribution in [3.05, 3.63) is 30.5 Å². The number of fused-ring (bicyclic) bond motifs is 1. The number of hydrogen-bond donors (Lipinski definition) is 2. The van der Waals surface area contributed by atoms with Crippen molar-refractivity contribution >= 4 is 16.6 Å². The van der Waals surface area contributed by atoms with Crippen molar-refractivity contribution in [2.75, 3.05) is 31.5 Å². The standard InChI is InChI=1S/C19H27N3O/c23-17-14-16-8-7-10-21-19(16)18(15-17)20-9-3-1-2-4-11-22-12-5-6-13-22/h7-8,10,14-15,20,23H,1-6,9,11-13H2. The highest BCUT2D eigenvalue weighted by atomic mass is 16.3. The van der Waals surface area contributed by atoms with E-state index in [0.717, 1.165) is 29.6 Å². The monoisotopic (exact) mass is 313 g/mol. The third kappa shape index (κ3) is 4.58. The molecule has 4 nitrogen and oxygen atoms in total. The second kappa shape index (κ2) is 8.16. The number of nitrogens with one attached hydrogen (secondary N) is 1. The number of benzene rings is 1. The van der Waals surface area contributed by atoms with E-state index in [4.69, 9.17) is 0 Å². The first kappa shape index (κ1) is 16.1. The fourth-order valence-electron chi connectivity index (χ4n) is 3.35. The highest BCUT2D eigenvalue weighted by molar-refractivity contribution is 5.91. The zero-order valence-electron chi connectivity index (χ0n) is 13.8. The van der Waals surface area contributed by atoms with Crippen LogP contribution in [-0.2, 0) is 0 Å². The topological polar surface area (TPSA) is 48.4 Å². The van der Waals surface area contributed by atoms with E-state index in [2.05, 4.69) is 15.2 Å². The van der Waals surface area contributed by atoms with Crippen molar-refractivity contribution < 1.29 is 5.11 Å². The number of phenols is 1. The lowest BCUT2D eigenvalue weighted by Crippen LogP contribution is -2.20. The zero-order chi connectivity index (χ0) is 15.9. The van der Waals surface area contributed by atoms with Crippen LogP contribution in [0.5, 0.6) is 5.75 Å². The Labute approximate surface area is 138 Å². The van der Waals surface area contributed by atoms with Crippen LogP contribution in [0.25, 0.3) is 10.9 Å². The van der Waals surface area contributed by atoms with Crippen molar-refractivity contribution in [2.24, 2.45) is 0 Å². The van der Waals surface area contributed by atoms with Crippen LogP contribution in [-0.4, -0.2) is 41.2 Å². The maximum atomic E-state index is 9.82. The van der Waals surface area contributed by atoms with E-state index in [1.165, 1.54) is 51.7 Å². The van der Waals surface area contributed by atoms with Crippen LogP contribution in [0, 0.1) is 0 Å². The number of aromatic hydroxyl groups is 1. The molecule has 23 heavy (non-hydrogen) atoms.